The molecule has 0 atom stereocenters. The molecule has 1 aliphatic heterocycles. The number of anilines is 1. The highest BCUT2D eigenvalue weighted by molar-refractivity contribution is 7.15. The minimum Gasteiger partial charge on any atom is -0.450 e. The Kier molecular flexibility index (Phi) is 5.59. The molecular weight excluding hydrogens is 316 g/mol. The third-order valence-corrected chi connectivity index (χ3v) is 4.17. The number of aromatic nitrogens is 1. The minimum absolute atomic E-state index is 0.0235. The number of ether oxygens (including phenoxy) is 1. The number of nitrogens with zero attached hydrogens (tertiary/aromatic N) is 2. The molecule has 0 saturated carbocycles. The molecule has 2 amide bonds. The summed E-state index contributed by atoms with van der Waals surface area (Å²) in [5.74, 6) is 0.0235. The Morgan fingerprint density at radius 2 is 2.13 bits per heavy atom. The van der Waals surface area contributed by atoms with E-state index in [-0.39, 0.29) is 11.4 Å². The second-order valence-corrected chi connectivity index (χ2v) is 7.58. The summed E-state index contributed by atoms with van der Waals surface area (Å²) < 4.78 is 4.85. The summed E-state index contributed by atoms with van der Waals surface area (Å²) in [6.45, 7) is 9.82. The fourth-order valence-corrected chi connectivity index (χ4v) is 3.39. The Bertz CT molecular complexity index is 580. The van der Waals surface area contributed by atoms with Crippen LogP contribution < -0.4 is 10.6 Å². The zero-order valence-electron chi connectivity index (χ0n) is 14.1. The molecular formula is C15H24N4O3S. The summed E-state index contributed by atoms with van der Waals surface area (Å²) in [6, 6.07) is 0. The summed E-state index contributed by atoms with van der Waals surface area (Å²) in [6.07, 6.45) is 0.291. The Balaban J connectivity index is 1.92. The van der Waals surface area contributed by atoms with Crippen LogP contribution in [0, 0.1) is 0 Å². The summed E-state index contributed by atoms with van der Waals surface area (Å²) in [5.41, 5.74) is 0.772. The molecule has 23 heavy (non-hydrogen) atoms. The number of fused-ring (bicyclic) bond motifs is 1. The van der Waals surface area contributed by atoms with Crippen LogP contribution in [-0.2, 0) is 22.5 Å². The van der Waals surface area contributed by atoms with Gasteiger partial charge in [0.1, 0.15) is 0 Å². The standard InChI is InChI=1S/C15H24N4O3S/c1-5-22-14(21)17-13-16-10-6-7-19(8-11(10)23-13)9-12(20)18-15(2,3)4/h5-9H2,1-4H3,(H,18,20)(H,16,17,21). The van der Waals surface area contributed by atoms with Gasteiger partial charge >= 0.3 is 6.09 Å². The van der Waals surface area contributed by atoms with Gasteiger partial charge in [-0.15, -0.1) is 0 Å². The van der Waals surface area contributed by atoms with E-state index in [4.69, 9.17) is 4.74 Å². The quantitative estimate of drug-likeness (QED) is 0.876. The van der Waals surface area contributed by atoms with Crippen molar-refractivity contribution in [2.75, 3.05) is 25.0 Å². The first-order valence-corrected chi connectivity index (χ1v) is 8.54. The molecule has 1 aromatic heterocycles. The molecule has 8 heteroatoms. The van der Waals surface area contributed by atoms with Gasteiger partial charge in [0.05, 0.1) is 18.8 Å². The van der Waals surface area contributed by atoms with Crippen molar-refractivity contribution < 1.29 is 14.3 Å². The maximum atomic E-state index is 12.0. The average Bonchev–Trinajstić information content (AvgIpc) is 2.77. The molecule has 2 rings (SSSR count). The average molecular weight is 340 g/mol. The van der Waals surface area contributed by atoms with E-state index in [0.717, 1.165) is 23.5 Å². The highest BCUT2D eigenvalue weighted by Gasteiger charge is 2.24. The van der Waals surface area contributed by atoms with Gasteiger partial charge in [-0.1, -0.05) is 11.3 Å². The Hall–Kier alpha value is -1.67. The van der Waals surface area contributed by atoms with Gasteiger partial charge in [-0.3, -0.25) is 15.0 Å². The summed E-state index contributed by atoms with van der Waals surface area (Å²) >= 11 is 1.44. The van der Waals surface area contributed by atoms with Crippen molar-refractivity contribution in [3.63, 3.8) is 0 Å². The Morgan fingerprint density at radius 3 is 2.78 bits per heavy atom. The fourth-order valence-electron chi connectivity index (χ4n) is 2.35. The monoisotopic (exact) mass is 340 g/mol. The van der Waals surface area contributed by atoms with Crippen molar-refractivity contribution in [3.8, 4) is 0 Å². The second kappa shape index (κ2) is 7.27. The van der Waals surface area contributed by atoms with Crippen molar-refractivity contribution in [3.05, 3.63) is 10.6 Å². The van der Waals surface area contributed by atoms with Crippen LogP contribution >= 0.6 is 11.3 Å². The molecule has 0 aliphatic carbocycles. The number of hydrogen-bond acceptors (Lipinski definition) is 6. The predicted molar refractivity (Wildman–Crippen MR) is 89.6 cm³/mol. The lowest BCUT2D eigenvalue weighted by Crippen LogP contribution is -2.46. The lowest BCUT2D eigenvalue weighted by molar-refractivity contribution is -0.123. The minimum atomic E-state index is -0.486. The van der Waals surface area contributed by atoms with Gasteiger partial charge in [-0.25, -0.2) is 9.78 Å². The maximum absolute atomic E-state index is 12.0. The maximum Gasteiger partial charge on any atom is 0.413 e. The summed E-state index contributed by atoms with van der Waals surface area (Å²) in [4.78, 5) is 31.1. The molecule has 0 spiro atoms. The van der Waals surface area contributed by atoms with Crippen LogP contribution in [0.15, 0.2) is 0 Å². The lowest BCUT2D eigenvalue weighted by atomic mass is 10.1. The van der Waals surface area contributed by atoms with E-state index in [2.05, 4.69) is 20.5 Å². The smallest absolute Gasteiger partial charge is 0.413 e. The van der Waals surface area contributed by atoms with Gasteiger partial charge in [0.15, 0.2) is 5.13 Å². The number of hydrogen-bond donors (Lipinski definition) is 2. The first-order chi connectivity index (χ1) is 10.8. The van der Waals surface area contributed by atoms with Gasteiger partial charge < -0.3 is 10.1 Å². The van der Waals surface area contributed by atoms with Crippen LogP contribution in [-0.4, -0.2) is 47.1 Å². The van der Waals surface area contributed by atoms with Gasteiger partial charge in [0.25, 0.3) is 0 Å². The number of carbonyl (C=O) groups is 2. The largest absolute Gasteiger partial charge is 0.450 e. The molecule has 0 aromatic carbocycles. The molecule has 1 aliphatic rings. The number of rotatable bonds is 4. The third-order valence-electron chi connectivity index (χ3n) is 3.18. The van der Waals surface area contributed by atoms with Crippen molar-refractivity contribution in [1.29, 1.82) is 0 Å². The van der Waals surface area contributed by atoms with Crippen LogP contribution in [0.5, 0.6) is 0 Å². The molecule has 0 fully saturated rings. The normalized spacial score (nSPS) is 15.0. The van der Waals surface area contributed by atoms with Crippen molar-refractivity contribution in [1.82, 2.24) is 15.2 Å². The van der Waals surface area contributed by atoms with E-state index in [1.165, 1.54) is 11.3 Å². The van der Waals surface area contributed by atoms with Gasteiger partial charge in [-0.2, -0.15) is 0 Å². The molecule has 2 heterocycles. The summed E-state index contributed by atoms with van der Waals surface area (Å²) in [7, 11) is 0. The zero-order valence-corrected chi connectivity index (χ0v) is 14.9. The Labute approximate surface area is 140 Å². The van der Waals surface area contributed by atoms with E-state index >= 15 is 0 Å². The molecule has 7 nitrogen and oxygen atoms in total. The van der Waals surface area contributed by atoms with E-state index in [0.29, 0.717) is 24.8 Å². The van der Waals surface area contributed by atoms with Crippen LogP contribution in [0.3, 0.4) is 0 Å². The van der Waals surface area contributed by atoms with Crippen molar-refractivity contribution >= 4 is 28.5 Å². The molecule has 2 N–H and O–H groups in total. The van der Waals surface area contributed by atoms with Gasteiger partial charge in [0, 0.05) is 29.9 Å². The Morgan fingerprint density at radius 1 is 1.39 bits per heavy atom. The van der Waals surface area contributed by atoms with E-state index in [1.54, 1.807) is 6.92 Å². The second-order valence-electron chi connectivity index (χ2n) is 6.49. The zero-order chi connectivity index (χ0) is 17.0. The van der Waals surface area contributed by atoms with Crippen LogP contribution in [0.1, 0.15) is 38.3 Å². The number of thiazole rings is 1. The van der Waals surface area contributed by atoms with E-state index in [1.807, 2.05) is 20.8 Å². The highest BCUT2D eigenvalue weighted by atomic mass is 32.1. The topological polar surface area (TPSA) is 83.6 Å². The van der Waals surface area contributed by atoms with E-state index < -0.39 is 6.09 Å². The van der Waals surface area contributed by atoms with Gasteiger partial charge in [0.2, 0.25) is 5.91 Å². The number of nitrogens with one attached hydrogen (secondary N) is 2. The SMILES string of the molecule is CCOC(=O)Nc1nc2c(s1)CN(CC(=O)NC(C)(C)C)CC2. The lowest BCUT2D eigenvalue weighted by Gasteiger charge is -2.27. The first kappa shape index (κ1) is 17.7. The summed E-state index contributed by atoms with van der Waals surface area (Å²) in [5, 5.41) is 6.15. The number of carbonyl (C=O) groups excluding carboxylic acids is 2. The van der Waals surface area contributed by atoms with Crippen LogP contribution in [0.2, 0.25) is 0 Å². The third kappa shape index (κ3) is 5.47. The fraction of sp³-hybridized carbons (Fsp3) is 0.667. The van der Waals surface area contributed by atoms with E-state index in [9.17, 15) is 9.59 Å². The molecule has 0 saturated heterocycles. The molecule has 128 valence electrons. The van der Waals surface area contributed by atoms with Gasteiger partial charge in [-0.05, 0) is 27.7 Å². The predicted octanol–water partition coefficient (Wildman–Crippen LogP) is 1.98. The first-order valence-electron chi connectivity index (χ1n) is 7.72. The molecule has 0 unspecified atom stereocenters. The molecule has 0 radical (unpaired) electrons. The van der Waals surface area contributed by atoms with Crippen LogP contribution in [0.25, 0.3) is 0 Å². The number of amides is 2. The van der Waals surface area contributed by atoms with Crippen LogP contribution in [0.4, 0.5) is 9.93 Å². The highest BCUT2D eigenvalue weighted by Crippen LogP contribution is 2.28. The molecule has 1 aromatic rings. The van der Waals surface area contributed by atoms with Crippen molar-refractivity contribution in [2.24, 2.45) is 0 Å². The molecule has 0 bridgehead atoms. The van der Waals surface area contributed by atoms with Crippen molar-refractivity contribution in [2.45, 2.75) is 46.2 Å².